The van der Waals surface area contributed by atoms with Gasteiger partial charge < -0.3 is 5.32 Å². The number of aryl methyl sites for hydroxylation is 1. The molecule has 0 atom stereocenters. The number of fused-ring (bicyclic) bond motifs is 3. The van der Waals surface area contributed by atoms with Crippen LogP contribution in [0, 0.1) is 0 Å². The maximum absolute atomic E-state index is 12.5. The van der Waals surface area contributed by atoms with Gasteiger partial charge in [0.1, 0.15) is 5.82 Å². The highest BCUT2D eigenvalue weighted by Gasteiger charge is 2.23. The number of carbonyl (C=O) groups is 2. The third kappa shape index (κ3) is 3.37. The van der Waals surface area contributed by atoms with Gasteiger partial charge in [0.05, 0.1) is 22.2 Å². The maximum Gasteiger partial charge on any atom is 0.266 e. The average molecular weight is 439 g/mol. The second kappa shape index (κ2) is 7.00. The average Bonchev–Trinajstić information content (AvgIpc) is 3.36. The molecule has 0 saturated heterocycles. The van der Waals surface area contributed by atoms with Gasteiger partial charge in [0.15, 0.2) is 0 Å². The Morgan fingerprint density at radius 2 is 1.97 bits per heavy atom. The zero-order chi connectivity index (χ0) is 21.8. The Bertz CT molecular complexity index is 1440. The Morgan fingerprint density at radius 3 is 2.81 bits per heavy atom. The van der Waals surface area contributed by atoms with Gasteiger partial charge in [-0.05, 0) is 48.4 Å². The molecule has 0 aliphatic carbocycles. The van der Waals surface area contributed by atoms with Crippen molar-refractivity contribution in [2.24, 2.45) is 0 Å². The molecule has 158 valence electrons. The molecule has 11 heteroatoms. The normalized spacial score (nSPS) is 14.9. The predicted octanol–water partition coefficient (Wildman–Crippen LogP) is 0.461. The summed E-state index contributed by atoms with van der Waals surface area (Å²) in [6.07, 6.45) is 1.64. The SMILES string of the molecule is O=C1Cc2cc(S(=O)(=O)NNC(=O)c3ccc4c(=O)n5c(nc4c3)CCC5)ccc2N1. The molecule has 2 aromatic carbocycles. The first-order chi connectivity index (χ1) is 14.8. The molecular weight excluding hydrogens is 422 g/mol. The second-order valence-corrected chi connectivity index (χ2v) is 9.11. The van der Waals surface area contributed by atoms with Crippen molar-refractivity contribution in [3.8, 4) is 0 Å². The van der Waals surface area contributed by atoms with Crippen LogP contribution in [0.2, 0.25) is 0 Å². The molecule has 0 fully saturated rings. The van der Waals surface area contributed by atoms with E-state index >= 15 is 0 Å². The molecule has 0 radical (unpaired) electrons. The number of hydrogen-bond acceptors (Lipinski definition) is 6. The number of nitrogens with one attached hydrogen (secondary N) is 3. The van der Waals surface area contributed by atoms with Crippen LogP contribution in [-0.4, -0.2) is 29.8 Å². The number of hydrazine groups is 1. The molecule has 5 rings (SSSR count). The van der Waals surface area contributed by atoms with E-state index < -0.39 is 15.9 Å². The van der Waals surface area contributed by atoms with E-state index in [9.17, 15) is 22.8 Å². The molecule has 0 bridgehead atoms. The highest BCUT2D eigenvalue weighted by atomic mass is 32.2. The van der Waals surface area contributed by atoms with Crippen molar-refractivity contribution >= 4 is 38.4 Å². The van der Waals surface area contributed by atoms with Crippen LogP contribution in [0.15, 0.2) is 46.1 Å². The van der Waals surface area contributed by atoms with E-state index in [1.165, 1.54) is 36.4 Å². The Hall–Kier alpha value is -3.57. The molecule has 2 aliphatic heterocycles. The molecule has 31 heavy (non-hydrogen) atoms. The number of amides is 2. The summed E-state index contributed by atoms with van der Waals surface area (Å²) in [5, 5.41) is 3.03. The number of carbonyl (C=O) groups excluding carboxylic acids is 2. The summed E-state index contributed by atoms with van der Waals surface area (Å²) in [4.78, 5) is 42.9. The first-order valence-electron chi connectivity index (χ1n) is 9.60. The molecule has 3 aromatic rings. The van der Waals surface area contributed by atoms with Crippen molar-refractivity contribution in [3.05, 3.63) is 63.7 Å². The predicted molar refractivity (Wildman–Crippen MR) is 111 cm³/mol. The standard InChI is InChI=1S/C20H17N5O5S/c26-18-10-12-8-13(4-6-15(12)22-18)31(29,30)24-23-19(27)11-3-5-14-16(9-11)21-17-2-1-7-25(17)20(14)28/h3-6,8-9,24H,1-2,7,10H2,(H,22,26)(H,23,27). The Morgan fingerprint density at radius 1 is 1.13 bits per heavy atom. The lowest BCUT2D eigenvalue weighted by Crippen LogP contribution is -2.41. The van der Waals surface area contributed by atoms with E-state index in [2.05, 4.69) is 20.6 Å². The minimum absolute atomic E-state index is 0.0770. The van der Waals surface area contributed by atoms with E-state index in [4.69, 9.17) is 0 Å². The van der Waals surface area contributed by atoms with Crippen molar-refractivity contribution in [2.45, 2.75) is 30.7 Å². The van der Waals surface area contributed by atoms with E-state index in [1.807, 2.05) is 0 Å². The van der Waals surface area contributed by atoms with E-state index in [-0.39, 0.29) is 28.3 Å². The monoisotopic (exact) mass is 439 g/mol. The highest BCUT2D eigenvalue weighted by Crippen LogP contribution is 2.25. The summed E-state index contributed by atoms with van der Waals surface area (Å²) >= 11 is 0. The molecule has 3 N–H and O–H groups in total. The number of aromatic nitrogens is 2. The third-order valence-electron chi connectivity index (χ3n) is 5.39. The van der Waals surface area contributed by atoms with Crippen LogP contribution in [0.25, 0.3) is 10.9 Å². The van der Waals surface area contributed by atoms with Gasteiger partial charge in [-0.1, -0.05) is 0 Å². The summed E-state index contributed by atoms with van der Waals surface area (Å²) in [7, 11) is -4.05. The van der Waals surface area contributed by atoms with Gasteiger partial charge in [0.25, 0.3) is 21.5 Å². The molecule has 2 aliphatic rings. The Labute approximate surface area is 176 Å². The van der Waals surface area contributed by atoms with Gasteiger partial charge in [0.2, 0.25) is 5.91 Å². The third-order valence-corrected chi connectivity index (χ3v) is 6.64. The largest absolute Gasteiger partial charge is 0.326 e. The summed E-state index contributed by atoms with van der Waals surface area (Å²) in [6.45, 7) is 0.633. The molecule has 3 heterocycles. The van der Waals surface area contributed by atoms with Crippen LogP contribution in [0.3, 0.4) is 0 Å². The lowest BCUT2D eigenvalue weighted by Gasteiger charge is -2.10. The fourth-order valence-electron chi connectivity index (χ4n) is 3.84. The topological polar surface area (TPSA) is 139 Å². The van der Waals surface area contributed by atoms with Crippen LogP contribution < -0.4 is 21.1 Å². The lowest BCUT2D eigenvalue weighted by atomic mass is 10.1. The molecule has 2 amide bonds. The minimum atomic E-state index is -4.05. The number of rotatable bonds is 4. The van der Waals surface area contributed by atoms with Gasteiger partial charge in [0, 0.05) is 24.2 Å². The van der Waals surface area contributed by atoms with Crippen LogP contribution in [-0.2, 0) is 34.2 Å². The van der Waals surface area contributed by atoms with Gasteiger partial charge in [-0.15, -0.1) is 4.83 Å². The number of hydrogen-bond donors (Lipinski definition) is 3. The van der Waals surface area contributed by atoms with Crippen molar-refractivity contribution in [2.75, 3.05) is 5.32 Å². The second-order valence-electron chi connectivity index (χ2n) is 7.42. The van der Waals surface area contributed by atoms with Crippen LogP contribution in [0.5, 0.6) is 0 Å². The van der Waals surface area contributed by atoms with Gasteiger partial charge in [-0.2, -0.15) is 0 Å². The minimum Gasteiger partial charge on any atom is -0.326 e. The first kappa shape index (κ1) is 19.4. The van der Waals surface area contributed by atoms with Crippen molar-refractivity contribution < 1.29 is 18.0 Å². The van der Waals surface area contributed by atoms with Crippen molar-refractivity contribution in [3.63, 3.8) is 0 Å². The quantitative estimate of drug-likeness (QED) is 0.505. The van der Waals surface area contributed by atoms with E-state index in [0.717, 1.165) is 6.42 Å². The van der Waals surface area contributed by atoms with Crippen LogP contribution >= 0.6 is 0 Å². The molecule has 0 spiro atoms. The zero-order valence-electron chi connectivity index (χ0n) is 16.1. The fourth-order valence-corrected chi connectivity index (χ4v) is 4.73. The zero-order valence-corrected chi connectivity index (χ0v) is 17.0. The maximum atomic E-state index is 12.5. The smallest absolute Gasteiger partial charge is 0.266 e. The summed E-state index contributed by atoms with van der Waals surface area (Å²) in [6, 6.07) is 8.66. The van der Waals surface area contributed by atoms with E-state index in [0.29, 0.717) is 40.9 Å². The molecule has 1 aromatic heterocycles. The van der Waals surface area contributed by atoms with E-state index in [1.54, 1.807) is 4.57 Å². The number of anilines is 1. The number of sulfonamides is 1. The lowest BCUT2D eigenvalue weighted by molar-refractivity contribution is -0.115. The summed E-state index contributed by atoms with van der Waals surface area (Å²) < 4.78 is 26.7. The molecule has 10 nitrogen and oxygen atoms in total. The van der Waals surface area contributed by atoms with Gasteiger partial charge in [-0.3, -0.25) is 24.4 Å². The van der Waals surface area contributed by atoms with Crippen LogP contribution in [0.1, 0.15) is 28.2 Å². The molecule has 0 unspecified atom stereocenters. The number of nitrogens with zero attached hydrogens (tertiary/aromatic N) is 2. The molecule has 0 saturated carbocycles. The summed E-state index contributed by atoms with van der Waals surface area (Å²) in [5.74, 6) is -0.216. The highest BCUT2D eigenvalue weighted by molar-refractivity contribution is 7.89. The Balaban J connectivity index is 1.36. The van der Waals surface area contributed by atoms with Crippen molar-refractivity contribution in [1.29, 1.82) is 0 Å². The van der Waals surface area contributed by atoms with Crippen LogP contribution in [0.4, 0.5) is 5.69 Å². The van der Waals surface area contributed by atoms with Gasteiger partial charge in [-0.25, -0.2) is 13.4 Å². The molecular formula is C20H17N5O5S. The van der Waals surface area contributed by atoms with Gasteiger partial charge >= 0.3 is 0 Å². The fraction of sp³-hybridized carbons (Fsp3) is 0.200. The first-order valence-corrected chi connectivity index (χ1v) is 11.1. The Kier molecular flexibility index (Phi) is 4.38. The van der Waals surface area contributed by atoms with Crippen molar-refractivity contribution in [1.82, 2.24) is 19.8 Å². The summed E-state index contributed by atoms with van der Waals surface area (Å²) in [5.41, 5.74) is 3.72. The number of benzene rings is 2.